The maximum absolute atomic E-state index is 12.4. The van der Waals surface area contributed by atoms with Crippen LogP contribution >= 0.6 is 23.2 Å². The highest BCUT2D eigenvalue weighted by Crippen LogP contribution is 2.20. The van der Waals surface area contributed by atoms with E-state index in [4.69, 9.17) is 23.2 Å². The number of amides is 2. The number of aryl methyl sites for hydroxylation is 2. The third kappa shape index (κ3) is 3.75. The van der Waals surface area contributed by atoms with Crippen molar-refractivity contribution in [3.05, 3.63) is 57.1 Å². The first-order valence-electron chi connectivity index (χ1n) is 7.71. The van der Waals surface area contributed by atoms with Crippen LogP contribution in [0, 0.1) is 13.8 Å². The second-order valence-electron chi connectivity index (χ2n) is 5.96. The van der Waals surface area contributed by atoms with Crippen LogP contribution in [0.1, 0.15) is 32.1 Å². The quantitative estimate of drug-likeness (QED) is 0.833. The molecule has 2 aromatic heterocycles. The van der Waals surface area contributed by atoms with Crippen molar-refractivity contribution < 1.29 is 9.59 Å². The van der Waals surface area contributed by atoms with Crippen molar-refractivity contribution in [1.29, 1.82) is 0 Å². The molecule has 3 rings (SSSR count). The van der Waals surface area contributed by atoms with Gasteiger partial charge in [0.05, 0.1) is 17.2 Å². The van der Waals surface area contributed by atoms with Gasteiger partial charge in [-0.1, -0.05) is 23.2 Å². The SMILES string of the molecule is Cc1ccc(C(=O)NC2CN(C(=O)c3ccc(C)nc3Cl)C2)c(Cl)n1. The zero-order chi connectivity index (χ0) is 18.1. The van der Waals surface area contributed by atoms with Crippen LogP contribution in [0.4, 0.5) is 0 Å². The fourth-order valence-electron chi connectivity index (χ4n) is 2.55. The van der Waals surface area contributed by atoms with E-state index < -0.39 is 0 Å². The van der Waals surface area contributed by atoms with Gasteiger partial charge in [-0.05, 0) is 38.1 Å². The lowest BCUT2D eigenvalue weighted by atomic mass is 10.1. The van der Waals surface area contributed by atoms with E-state index >= 15 is 0 Å². The second-order valence-corrected chi connectivity index (χ2v) is 6.68. The van der Waals surface area contributed by atoms with Crippen LogP contribution in [0.2, 0.25) is 10.3 Å². The molecule has 1 N–H and O–H groups in total. The first-order valence-corrected chi connectivity index (χ1v) is 8.47. The molecular weight excluding hydrogens is 363 g/mol. The lowest BCUT2D eigenvalue weighted by Gasteiger charge is -2.39. The fraction of sp³-hybridized carbons (Fsp3) is 0.294. The zero-order valence-corrected chi connectivity index (χ0v) is 15.2. The highest BCUT2D eigenvalue weighted by atomic mass is 35.5. The molecule has 0 radical (unpaired) electrons. The molecular formula is C17H16Cl2N4O2. The topological polar surface area (TPSA) is 75.2 Å². The highest BCUT2D eigenvalue weighted by Gasteiger charge is 2.33. The number of hydrogen-bond donors (Lipinski definition) is 1. The molecule has 2 aromatic rings. The van der Waals surface area contributed by atoms with Crippen molar-refractivity contribution >= 4 is 35.0 Å². The fourth-order valence-corrected chi connectivity index (χ4v) is 3.11. The van der Waals surface area contributed by atoms with E-state index in [1.807, 2.05) is 0 Å². The van der Waals surface area contributed by atoms with Crippen LogP contribution in [0.15, 0.2) is 24.3 Å². The molecule has 8 heteroatoms. The Hall–Kier alpha value is -2.18. The Morgan fingerprint density at radius 3 is 2.04 bits per heavy atom. The predicted octanol–water partition coefficient (Wildman–Crippen LogP) is 2.65. The molecule has 0 atom stereocenters. The number of likely N-dealkylation sites (tertiary alicyclic amines) is 1. The van der Waals surface area contributed by atoms with E-state index in [-0.39, 0.29) is 28.2 Å². The molecule has 1 fully saturated rings. The van der Waals surface area contributed by atoms with E-state index in [1.54, 1.807) is 43.0 Å². The van der Waals surface area contributed by atoms with Crippen molar-refractivity contribution in [1.82, 2.24) is 20.2 Å². The number of pyridine rings is 2. The number of aromatic nitrogens is 2. The van der Waals surface area contributed by atoms with Crippen LogP contribution in [-0.2, 0) is 0 Å². The molecule has 2 amide bonds. The molecule has 3 heterocycles. The monoisotopic (exact) mass is 378 g/mol. The molecule has 0 unspecified atom stereocenters. The van der Waals surface area contributed by atoms with Gasteiger partial charge in [-0.25, -0.2) is 9.97 Å². The summed E-state index contributed by atoms with van der Waals surface area (Å²) in [5, 5.41) is 3.21. The summed E-state index contributed by atoms with van der Waals surface area (Å²) in [5.41, 5.74) is 2.18. The van der Waals surface area contributed by atoms with E-state index in [9.17, 15) is 9.59 Å². The van der Waals surface area contributed by atoms with Crippen LogP contribution in [0.5, 0.6) is 0 Å². The van der Waals surface area contributed by atoms with Gasteiger partial charge < -0.3 is 10.2 Å². The summed E-state index contributed by atoms with van der Waals surface area (Å²) in [6, 6.07) is 6.63. The van der Waals surface area contributed by atoms with Gasteiger partial charge in [0.15, 0.2) is 0 Å². The first-order chi connectivity index (χ1) is 11.8. The smallest absolute Gasteiger partial charge is 0.257 e. The maximum atomic E-state index is 12.4. The second kappa shape index (κ2) is 6.98. The molecule has 25 heavy (non-hydrogen) atoms. The summed E-state index contributed by atoms with van der Waals surface area (Å²) in [6.07, 6.45) is 0. The number of halogens is 2. The number of hydrogen-bond acceptors (Lipinski definition) is 4. The van der Waals surface area contributed by atoms with Gasteiger partial charge in [-0.3, -0.25) is 9.59 Å². The number of nitrogens with one attached hydrogen (secondary N) is 1. The van der Waals surface area contributed by atoms with Crippen molar-refractivity contribution in [3.63, 3.8) is 0 Å². The molecule has 0 saturated carbocycles. The summed E-state index contributed by atoms with van der Waals surface area (Å²) < 4.78 is 0. The van der Waals surface area contributed by atoms with E-state index in [1.165, 1.54) is 0 Å². The van der Waals surface area contributed by atoms with Gasteiger partial charge in [0, 0.05) is 24.5 Å². The standard InChI is InChI=1S/C17H16Cl2N4O2/c1-9-3-5-12(14(18)20-9)16(24)22-11-7-23(8-11)17(25)13-6-4-10(2)21-15(13)19/h3-6,11H,7-8H2,1-2H3,(H,22,24). The van der Waals surface area contributed by atoms with Crippen molar-refractivity contribution in [3.8, 4) is 0 Å². The predicted molar refractivity (Wildman–Crippen MR) is 95.1 cm³/mol. The molecule has 130 valence electrons. The lowest BCUT2D eigenvalue weighted by molar-refractivity contribution is 0.0542. The van der Waals surface area contributed by atoms with Gasteiger partial charge in [-0.15, -0.1) is 0 Å². The average Bonchev–Trinajstić information content (AvgIpc) is 2.49. The third-order valence-electron chi connectivity index (χ3n) is 3.95. The maximum Gasteiger partial charge on any atom is 0.257 e. The van der Waals surface area contributed by atoms with Crippen LogP contribution < -0.4 is 5.32 Å². The van der Waals surface area contributed by atoms with Crippen molar-refractivity contribution in [2.75, 3.05) is 13.1 Å². The Bertz CT molecular complexity index is 851. The minimum atomic E-state index is -0.301. The Morgan fingerprint density at radius 1 is 1.00 bits per heavy atom. The van der Waals surface area contributed by atoms with Crippen molar-refractivity contribution in [2.24, 2.45) is 0 Å². The highest BCUT2D eigenvalue weighted by molar-refractivity contribution is 6.33. The summed E-state index contributed by atoms with van der Waals surface area (Å²) in [6.45, 7) is 4.42. The average molecular weight is 379 g/mol. The number of nitrogens with zero attached hydrogens (tertiary/aromatic N) is 3. The molecule has 1 aliphatic heterocycles. The van der Waals surface area contributed by atoms with Crippen LogP contribution in [-0.4, -0.2) is 45.8 Å². The van der Waals surface area contributed by atoms with Gasteiger partial charge >= 0.3 is 0 Å². The van der Waals surface area contributed by atoms with Gasteiger partial charge in [-0.2, -0.15) is 0 Å². The molecule has 0 bridgehead atoms. The number of carbonyl (C=O) groups excluding carboxylic acids is 2. The van der Waals surface area contributed by atoms with E-state index in [0.717, 1.165) is 11.4 Å². The van der Waals surface area contributed by atoms with Gasteiger partial charge in [0.2, 0.25) is 0 Å². The summed E-state index contributed by atoms with van der Waals surface area (Å²) in [5.74, 6) is -0.498. The van der Waals surface area contributed by atoms with Crippen LogP contribution in [0.25, 0.3) is 0 Å². The Labute approximate surface area is 155 Å². The van der Waals surface area contributed by atoms with Gasteiger partial charge in [0.1, 0.15) is 10.3 Å². The van der Waals surface area contributed by atoms with Crippen LogP contribution in [0.3, 0.4) is 0 Å². The first kappa shape index (κ1) is 17.6. The van der Waals surface area contributed by atoms with E-state index in [2.05, 4.69) is 15.3 Å². The summed E-state index contributed by atoms with van der Waals surface area (Å²) in [7, 11) is 0. The number of rotatable bonds is 3. The van der Waals surface area contributed by atoms with E-state index in [0.29, 0.717) is 24.2 Å². The minimum Gasteiger partial charge on any atom is -0.346 e. The zero-order valence-electron chi connectivity index (χ0n) is 13.7. The lowest BCUT2D eigenvalue weighted by Crippen LogP contribution is -2.61. The Balaban J connectivity index is 1.59. The summed E-state index contributed by atoms with van der Waals surface area (Å²) >= 11 is 12.0. The van der Waals surface area contributed by atoms with Crippen molar-refractivity contribution in [2.45, 2.75) is 19.9 Å². The molecule has 1 saturated heterocycles. The summed E-state index contributed by atoms with van der Waals surface area (Å²) in [4.78, 5) is 34.4. The largest absolute Gasteiger partial charge is 0.346 e. The third-order valence-corrected chi connectivity index (χ3v) is 4.53. The normalized spacial score (nSPS) is 14.2. The molecule has 6 nitrogen and oxygen atoms in total. The molecule has 0 aliphatic carbocycles. The molecule has 1 aliphatic rings. The van der Waals surface area contributed by atoms with Gasteiger partial charge in [0.25, 0.3) is 11.8 Å². The Kier molecular flexibility index (Phi) is 4.92. The Morgan fingerprint density at radius 2 is 1.52 bits per heavy atom. The molecule has 0 spiro atoms. The minimum absolute atomic E-state index is 0.133. The number of carbonyl (C=O) groups is 2. The molecule has 0 aromatic carbocycles.